The summed E-state index contributed by atoms with van der Waals surface area (Å²) >= 11 is 1.40. The minimum absolute atomic E-state index is 0.130. The van der Waals surface area contributed by atoms with Crippen molar-refractivity contribution in [2.24, 2.45) is 5.41 Å². The van der Waals surface area contributed by atoms with Crippen LogP contribution in [0.3, 0.4) is 0 Å². The van der Waals surface area contributed by atoms with E-state index in [2.05, 4.69) is 15.5 Å². The van der Waals surface area contributed by atoms with Crippen LogP contribution in [0, 0.1) is 12.3 Å². The lowest BCUT2D eigenvalue weighted by Crippen LogP contribution is -2.42. The number of carbonyl (C=O) groups is 2. The average Bonchev–Trinajstić information content (AvgIpc) is 3.10. The smallest absolute Gasteiger partial charge is 0.279 e. The van der Waals surface area contributed by atoms with Gasteiger partial charge >= 0.3 is 0 Å². The standard InChI is InChI=1S/C16H20N4O3S/c1-9-7-11(19-23-9)13(21)18-15-17-10-5-6-20(8-12(10)24-15)14(22)16(2,3)4/h7H,5-6,8H2,1-4H3,(H,17,18,21). The van der Waals surface area contributed by atoms with Gasteiger partial charge in [-0.3, -0.25) is 14.9 Å². The number of nitrogens with one attached hydrogen (secondary N) is 1. The second-order valence-electron chi connectivity index (χ2n) is 6.89. The first kappa shape index (κ1) is 16.6. The zero-order valence-corrected chi connectivity index (χ0v) is 15.0. The van der Waals surface area contributed by atoms with Gasteiger partial charge in [0.05, 0.1) is 12.2 Å². The zero-order chi connectivity index (χ0) is 17.5. The van der Waals surface area contributed by atoms with Gasteiger partial charge < -0.3 is 9.42 Å². The molecule has 2 aromatic heterocycles. The number of amides is 2. The van der Waals surface area contributed by atoms with Gasteiger partial charge in [-0.25, -0.2) is 4.98 Å². The van der Waals surface area contributed by atoms with Crippen LogP contribution in [0.4, 0.5) is 5.13 Å². The van der Waals surface area contributed by atoms with E-state index in [0.717, 1.165) is 10.6 Å². The number of thiazole rings is 1. The summed E-state index contributed by atoms with van der Waals surface area (Å²) in [6.07, 6.45) is 0.701. The molecule has 1 aliphatic heterocycles. The molecule has 3 rings (SSSR count). The normalized spacial score (nSPS) is 14.4. The molecule has 24 heavy (non-hydrogen) atoms. The van der Waals surface area contributed by atoms with Gasteiger partial charge in [0.1, 0.15) is 5.76 Å². The number of fused-ring (bicyclic) bond motifs is 1. The fourth-order valence-electron chi connectivity index (χ4n) is 2.53. The maximum absolute atomic E-state index is 12.4. The number of rotatable bonds is 2. The Bertz CT molecular complexity index is 788. The van der Waals surface area contributed by atoms with Crippen LogP contribution in [0.5, 0.6) is 0 Å². The van der Waals surface area contributed by atoms with Crippen LogP contribution in [-0.4, -0.2) is 33.4 Å². The summed E-state index contributed by atoms with van der Waals surface area (Å²) < 4.78 is 4.90. The molecule has 0 saturated heterocycles. The average molecular weight is 348 g/mol. The van der Waals surface area contributed by atoms with Crippen molar-refractivity contribution in [1.29, 1.82) is 0 Å². The number of carbonyl (C=O) groups excluding carboxylic acids is 2. The molecule has 2 amide bonds. The van der Waals surface area contributed by atoms with Crippen molar-refractivity contribution in [2.45, 2.75) is 40.7 Å². The SMILES string of the molecule is Cc1cc(C(=O)Nc2nc3c(s2)CN(C(=O)C(C)(C)C)CC3)no1. The van der Waals surface area contributed by atoms with Crippen molar-refractivity contribution in [3.63, 3.8) is 0 Å². The van der Waals surface area contributed by atoms with Crippen LogP contribution in [0.25, 0.3) is 0 Å². The van der Waals surface area contributed by atoms with E-state index in [-0.39, 0.29) is 17.5 Å². The summed E-state index contributed by atoms with van der Waals surface area (Å²) in [6, 6.07) is 1.58. The Labute approximate surface area is 144 Å². The Morgan fingerprint density at radius 2 is 2.12 bits per heavy atom. The van der Waals surface area contributed by atoms with E-state index < -0.39 is 5.41 Å². The highest BCUT2D eigenvalue weighted by molar-refractivity contribution is 7.15. The largest absolute Gasteiger partial charge is 0.361 e. The maximum Gasteiger partial charge on any atom is 0.279 e. The fraction of sp³-hybridized carbons (Fsp3) is 0.500. The maximum atomic E-state index is 12.4. The first-order valence-corrected chi connectivity index (χ1v) is 8.58. The minimum atomic E-state index is -0.399. The predicted octanol–water partition coefficient (Wildman–Crippen LogP) is 2.62. The molecule has 1 aliphatic rings. The monoisotopic (exact) mass is 348 g/mol. The summed E-state index contributed by atoms with van der Waals surface area (Å²) in [7, 11) is 0. The molecular weight excluding hydrogens is 328 g/mol. The second kappa shape index (κ2) is 6.01. The van der Waals surface area contributed by atoms with E-state index in [1.54, 1.807) is 13.0 Å². The van der Waals surface area contributed by atoms with Crippen molar-refractivity contribution in [3.8, 4) is 0 Å². The number of anilines is 1. The van der Waals surface area contributed by atoms with E-state index in [9.17, 15) is 9.59 Å². The molecule has 8 heteroatoms. The van der Waals surface area contributed by atoms with Gasteiger partial charge in [0.2, 0.25) is 5.91 Å². The first-order valence-electron chi connectivity index (χ1n) is 7.76. The van der Waals surface area contributed by atoms with E-state index in [1.807, 2.05) is 25.7 Å². The summed E-state index contributed by atoms with van der Waals surface area (Å²) in [5.41, 5.74) is 0.777. The number of hydrogen-bond donors (Lipinski definition) is 1. The predicted molar refractivity (Wildman–Crippen MR) is 89.9 cm³/mol. The molecule has 0 unspecified atom stereocenters. The third kappa shape index (κ3) is 3.33. The van der Waals surface area contributed by atoms with Gasteiger partial charge in [-0.1, -0.05) is 37.3 Å². The summed E-state index contributed by atoms with van der Waals surface area (Å²) in [4.78, 5) is 31.9. The molecule has 0 aliphatic carbocycles. The van der Waals surface area contributed by atoms with Crippen molar-refractivity contribution < 1.29 is 14.1 Å². The van der Waals surface area contributed by atoms with Crippen molar-refractivity contribution >= 4 is 28.3 Å². The molecule has 0 radical (unpaired) electrons. The Hall–Kier alpha value is -2.22. The van der Waals surface area contributed by atoms with Crippen LogP contribution >= 0.6 is 11.3 Å². The lowest BCUT2D eigenvalue weighted by molar-refractivity contribution is -0.140. The summed E-state index contributed by atoms with van der Waals surface area (Å²) in [6.45, 7) is 8.69. The van der Waals surface area contributed by atoms with Gasteiger partial charge in [0.25, 0.3) is 5.91 Å². The molecule has 0 saturated carbocycles. The van der Waals surface area contributed by atoms with E-state index in [1.165, 1.54) is 11.3 Å². The molecule has 1 N–H and O–H groups in total. The zero-order valence-electron chi connectivity index (χ0n) is 14.2. The van der Waals surface area contributed by atoms with Crippen molar-refractivity contribution in [1.82, 2.24) is 15.0 Å². The van der Waals surface area contributed by atoms with E-state index in [0.29, 0.717) is 30.4 Å². The van der Waals surface area contributed by atoms with Crippen LogP contribution in [0.2, 0.25) is 0 Å². The lowest BCUT2D eigenvalue weighted by atomic mass is 9.94. The number of nitrogens with zero attached hydrogens (tertiary/aromatic N) is 3. The highest BCUT2D eigenvalue weighted by Crippen LogP contribution is 2.30. The van der Waals surface area contributed by atoms with Gasteiger partial charge in [0.15, 0.2) is 10.8 Å². The molecule has 0 aromatic carbocycles. The fourth-order valence-corrected chi connectivity index (χ4v) is 3.55. The Balaban J connectivity index is 1.71. The molecule has 128 valence electrons. The first-order chi connectivity index (χ1) is 11.2. The third-order valence-electron chi connectivity index (χ3n) is 3.74. The Morgan fingerprint density at radius 3 is 2.75 bits per heavy atom. The van der Waals surface area contributed by atoms with Gasteiger partial charge in [-0.2, -0.15) is 0 Å². The molecular formula is C16H20N4O3S. The van der Waals surface area contributed by atoms with Gasteiger partial charge in [0, 0.05) is 29.3 Å². The van der Waals surface area contributed by atoms with Crippen LogP contribution in [0.1, 0.15) is 47.6 Å². The highest BCUT2D eigenvalue weighted by Gasteiger charge is 2.31. The highest BCUT2D eigenvalue weighted by atomic mass is 32.1. The molecule has 0 atom stereocenters. The van der Waals surface area contributed by atoms with E-state index >= 15 is 0 Å². The van der Waals surface area contributed by atoms with Gasteiger partial charge in [-0.15, -0.1) is 0 Å². The molecule has 0 spiro atoms. The number of aromatic nitrogens is 2. The summed E-state index contributed by atoms with van der Waals surface area (Å²) in [5, 5.41) is 6.96. The second-order valence-corrected chi connectivity index (χ2v) is 7.98. The Morgan fingerprint density at radius 1 is 1.38 bits per heavy atom. The molecule has 7 nitrogen and oxygen atoms in total. The molecule has 2 aromatic rings. The van der Waals surface area contributed by atoms with Crippen LogP contribution < -0.4 is 5.32 Å². The van der Waals surface area contributed by atoms with Crippen LogP contribution in [0.15, 0.2) is 10.6 Å². The minimum Gasteiger partial charge on any atom is -0.361 e. The Kier molecular flexibility index (Phi) is 4.16. The lowest BCUT2D eigenvalue weighted by Gasteiger charge is -2.31. The van der Waals surface area contributed by atoms with Gasteiger partial charge in [-0.05, 0) is 6.92 Å². The number of hydrogen-bond acceptors (Lipinski definition) is 6. The summed E-state index contributed by atoms with van der Waals surface area (Å²) in [5.74, 6) is 0.362. The van der Waals surface area contributed by atoms with Crippen molar-refractivity contribution in [3.05, 3.63) is 28.1 Å². The quantitative estimate of drug-likeness (QED) is 0.901. The van der Waals surface area contributed by atoms with Crippen LogP contribution in [-0.2, 0) is 17.8 Å². The third-order valence-corrected chi connectivity index (χ3v) is 4.74. The van der Waals surface area contributed by atoms with E-state index in [4.69, 9.17) is 4.52 Å². The molecule has 3 heterocycles. The molecule has 0 bridgehead atoms. The topological polar surface area (TPSA) is 88.3 Å². The van der Waals surface area contributed by atoms with Crippen molar-refractivity contribution in [2.75, 3.05) is 11.9 Å². The molecule has 0 fully saturated rings. The number of aryl methyl sites for hydroxylation is 1.